The van der Waals surface area contributed by atoms with Crippen LogP contribution in [-0.2, 0) is 14.3 Å². The number of morpholine rings is 1. The first-order chi connectivity index (χ1) is 8.29. The monoisotopic (exact) mass is 242 g/mol. The Bertz CT molecular complexity index is 254. The second-order valence-corrected chi connectivity index (χ2v) is 4.76. The second-order valence-electron chi connectivity index (χ2n) is 4.76. The van der Waals surface area contributed by atoms with Crippen molar-refractivity contribution in [2.24, 2.45) is 5.73 Å². The Kier molecular flexibility index (Phi) is 4.76. The molecule has 0 aromatic rings. The number of carbonyl (C=O) groups excluding carboxylic acids is 1. The highest BCUT2D eigenvalue weighted by Gasteiger charge is 2.26. The van der Waals surface area contributed by atoms with Gasteiger partial charge in [0.25, 0.3) is 0 Å². The number of ether oxygens (including phenoxy) is 2. The maximum atomic E-state index is 12.1. The highest BCUT2D eigenvalue weighted by atomic mass is 16.5. The lowest BCUT2D eigenvalue weighted by atomic mass is 10.1. The Hall–Kier alpha value is -0.650. The van der Waals surface area contributed by atoms with Crippen molar-refractivity contribution in [3.05, 3.63) is 0 Å². The third-order valence-electron chi connectivity index (χ3n) is 3.43. The molecule has 0 saturated carbocycles. The molecule has 0 spiro atoms. The number of carbonyl (C=O) groups is 1. The van der Waals surface area contributed by atoms with E-state index < -0.39 is 0 Å². The minimum atomic E-state index is -0.0000239. The van der Waals surface area contributed by atoms with Crippen LogP contribution in [0.4, 0.5) is 0 Å². The van der Waals surface area contributed by atoms with E-state index in [9.17, 15) is 4.79 Å². The Balaban J connectivity index is 1.78. The molecule has 2 aliphatic heterocycles. The van der Waals surface area contributed by atoms with Gasteiger partial charge in [0, 0.05) is 26.2 Å². The lowest BCUT2D eigenvalue weighted by Gasteiger charge is -2.33. The van der Waals surface area contributed by atoms with Crippen LogP contribution in [0.2, 0.25) is 0 Å². The van der Waals surface area contributed by atoms with Gasteiger partial charge in [-0.05, 0) is 19.3 Å². The molecule has 2 rings (SSSR count). The molecule has 1 amide bonds. The van der Waals surface area contributed by atoms with Gasteiger partial charge in [0.05, 0.1) is 25.2 Å². The zero-order valence-electron chi connectivity index (χ0n) is 10.3. The summed E-state index contributed by atoms with van der Waals surface area (Å²) in [5.74, 6) is 0.179. The molecule has 5 heteroatoms. The van der Waals surface area contributed by atoms with Gasteiger partial charge in [-0.25, -0.2) is 0 Å². The zero-order chi connectivity index (χ0) is 12.1. The van der Waals surface area contributed by atoms with Crippen molar-refractivity contribution in [2.45, 2.75) is 37.9 Å². The summed E-state index contributed by atoms with van der Waals surface area (Å²) in [6, 6.07) is 0. The molecule has 2 N–H and O–H groups in total. The largest absolute Gasteiger partial charge is 0.378 e. The first kappa shape index (κ1) is 12.8. The predicted molar refractivity (Wildman–Crippen MR) is 63.6 cm³/mol. The lowest BCUT2D eigenvalue weighted by Crippen LogP contribution is -2.48. The maximum absolute atomic E-state index is 12.1. The molecule has 0 aromatic carbocycles. The van der Waals surface area contributed by atoms with Crippen molar-refractivity contribution in [3.63, 3.8) is 0 Å². The molecule has 2 fully saturated rings. The van der Waals surface area contributed by atoms with Gasteiger partial charge in [0.15, 0.2) is 0 Å². The normalized spacial score (nSPS) is 30.3. The molecule has 98 valence electrons. The molecule has 0 aliphatic carbocycles. The van der Waals surface area contributed by atoms with Gasteiger partial charge in [0.2, 0.25) is 5.91 Å². The number of rotatable bonds is 3. The van der Waals surface area contributed by atoms with Crippen molar-refractivity contribution in [3.8, 4) is 0 Å². The SMILES string of the molecule is NCC1CN(C(=O)CC2CCCCO2)CCO1. The fourth-order valence-corrected chi connectivity index (χ4v) is 2.38. The standard InChI is InChI=1S/C12H22N2O3/c13-8-11-9-14(4-6-17-11)12(15)7-10-3-1-2-5-16-10/h10-11H,1-9,13H2. The van der Waals surface area contributed by atoms with E-state index in [-0.39, 0.29) is 18.1 Å². The van der Waals surface area contributed by atoms with Crippen LogP contribution in [0.15, 0.2) is 0 Å². The highest BCUT2D eigenvalue weighted by molar-refractivity contribution is 5.76. The van der Waals surface area contributed by atoms with Crippen molar-refractivity contribution in [2.75, 3.05) is 32.8 Å². The number of hydrogen-bond donors (Lipinski definition) is 1. The minimum absolute atomic E-state index is 0.0000239. The van der Waals surface area contributed by atoms with Gasteiger partial charge in [-0.15, -0.1) is 0 Å². The van der Waals surface area contributed by atoms with Crippen molar-refractivity contribution in [1.29, 1.82) is 0 Å². The molecule has 2 saturated heterocycles. The van der Waals surface area contributed by atoms with Crippen LogP contribution >= 0.6 is 0 Å². The fourth-order valence-electron chi connectivity index (χ4n) is 2.38. The lowest BCUT2D eigenvalue weighted by molar-refractivity contribution is -0.142. The van der Waals surface area contributed by atoms with E-state index in [0.717, 1.165) is 19.4 Å². The molecule has 5 nitrogen and oxygen atoms in total. The van der Waals surface area contributed by atoms with Gasteiger partial charge >= 0.3 is 0 Å². The highest BCUT2D eigenvalue weighted by Crippen LogP contribution is 2.17. The third-order valence-corrected chi connectivity index (χ3v) is 3.43. The average Bonchev–Trinajstić information content (AvgIpc) is 2.40. The maximum Gasteiger partial charge on any atom is 0.225 e. The first-order valence-corrected chi connectivity index (χ1v) is 6.50. The molecule has 0 radical (unpaired) electrons. The molecule has 2 aliphatic rings. The summed E-state index contributed by atoms with van der Waals surface area (Å²) in [5.41, 5.74) is 5.56. The summed E-state index contributed by atoms with van der Waals surface area (Å²) in [6.07, 6.45) is 3.94. The number of hydrogen-bond acceptors (Lipinski definition) is 4. The number of amides is 1. The van der Waals surface area contributed by atoms with Crippen LogP contribution in [0.25, 0.3) is 0 Å². The molecule has 17 heavy (non-hydrogen) atoms. The van der Waals surface area contributed by atoms with E-state index in [1.54, 1.807) is 0 Å². The van der Waals surface area contributed by atoms with Crippen LogP contribution in [0.1, 0.15) is 25.7 Å². The molecule has 0 bridgehead atoms. The second kappa shape index (κ2) is 6.33. The molecule has 0 aromatic heterocycles. The van der Waals surface area contributed by atoms with Crippen LogP contribution in [0, 0.1) is 0 Å². The summed E-state index contributed by atoms with van der Waals surface area (Å²) >= 11 is 0. The van der Waals surface area contributed by atoms with E-state index in [0.29, 0.717) is 32.7 Å². The smallest absolute Gasteiger partial charge is 0.225 e. The Labute approximate surface area is 102 Å². The van der Waals surface area contributed by atoms with E-state index in [4.69, 9.17) is 15.2 Å². The molecule has 2 atom stereocenters. The first-order valence-electron chi connectivity index (χ1n) is 6.50. The van der Waals surface area contributed by atoms with Crippen molar-refractivity contribution >= 4 is 5.91 Å². The topological polar surface area (TPSA) is 64.8 Å². The van der Waals surface area contributed by atoms with Crippen molar-refractivity contribution < 1.29 is 14.3 Å². The van der Waals surface area contributed by atoms with Gasteiger partial charge in [-0.1, -0.05) is 0 Å². The summed E-state index contributed by atoms with van der Waals surface area (Å²) in [5, 5.41) is 0. The van der Waals surface area contributed by atoms with Gasteiger partial charge in [-0.2, -0.15) is 0 Å². The van der Waals surface area contributed by atoms with Crippen LogP contribution in [0.3, 0.4) is 0 Å². The Morgan fingerprint density at radius 2 is 2.06 bits per heavy atom. The Morgan fingerprint density at radius 1 is 1.24 bits per heavy atom. The van der Waals surface area contributed by atoms with E-state index in [1.165, 1.54) is 6.42 Å². The summed E-state index contributed by atoms with van der Waals surface area (Å²) < 4.78 is 11.0. The van der Waals surface area contributed by atoms with E-state index in [1.807, 2.05) is 4.90 Å². The Morgan fingerprint density at radius 3 is 2.76 bits per heavy atom. The van der Waals surface area contributed by atoms with Crippen LogP contribution < -0.4 is 5.73 Å². The van der Waals surface area contributed by atoms with Crippen LogP contribution in [0.5, 0.6) is 0 Å². The van der Waals surface area contributed by atoms with E-state index >= 15 is 0 Å². The third kappa shape index (κ3) is 3.66. The number of nitrogens with zero attached hydrogens (tertiary/aromatic N) is 1. The van der Waals surface area contributed by atoms with Crippen molar-refractivity contribution in [1.82, 2.24) is 4.90 Å². The predicted octanol–water partition coefficient (Wildman–Crippen LogP) is 0.132. The van der Waals surface area contributed by atoms with Crippen LogP contribution in [-0.4, -0.2) is 55.9 Å². The quantitative estimate of drug-likeness (QED) is 0.764. The summed E-state index contributed by atoms with van der Waals surface area (Å²) in [6.45, 7) is 3.18. The van der Waals surface area contributed by atoms with Gasteiger partial charge < -0.3 is 20.1 Å². The molecule has 2 unspecified atom stereocenters. The zero-order valence-corrected chi connectivity index (χ0v) is 10.3. The summed E-state index contributed by atoms with van der Waals surface area (Å²) in [7, 11) is 0. The fraction of sp³-hybridized carbons (Fsp3) is 0.917. The summed E-state index contributed by atoms with van der Waals surface area (Å²) in [4.78, 5) is 13.9. The van der Waals surface area contributed by atoms with Gasteiger partial charge in [0.1, 0.15) is 0 Å². The minimum Gasteiger partial charge on any atom is -0.378 e. The average molecular weight is 242 g/mol. The van der Waals surface area contributed by atoms with E-state index in [2.05, 4.69) is 0 Å². The molecular formula is C12H22N2O3. The number of nitrogens with two attached hydrogens (primary N) is 1. The van der Waals surface area contributed by atoms with Gasteiger partial charge in [-0.3, -0.25) is 4.79 Å². The molecular weight excluding hydrogens is 220 g/mol. The molecule has 2 heterocycles.